The SMILES string of the molecule is CCOc1ccc(Cc2nc3c(c4c2[nH]c2ccccc24)CCC(C)(C)C3)cc1. The number of hydrogen-bond acceptors (Lipinski definition) is 2. The van der Waals surface area contributed by atoms with Crippen molar-refractivity contribution < 1.29 is 4.74 Å². The molecule has 0 aliphatic heterocycles. The van der Waals surface area contributed by atoms with E-state index in [4.69, 9.17) is 9.72 Å². The number of para-hydroxylation sites is 1. The summed E-state index contributed by atoms with van der Waals surface area (Å²) >= 11 is 0. The van der Waals surface area contributed by atoms with Gasteiger partial charge in [-0.1, -0.05) is 44.2 Å². The van der Waals surface area contributed by atoms with Crippen molar-refractivity contribution >= 4 is 21.8 Å². The number of nitrogens with one attached hydrogen (secondary N) is 1. The number of nitrogens with zero attached hydrogens (tertiary/aromatic N) is 1. The molecule has 1 aliphatic carbocycles. The minimum absolute atomic E-state index is 0.316. The Bertz CT molecular complexity index is 1190. The Labute approximate surface area is 172 Å². The zero-order valence-corrected chi connectivity index (χ0v) is 17.5. The molecule has 0 radical (unpaired) electrons. The van der Waals surface area contributed by atoms with Crippen LogP contribution in [0.4, 0.5) is 0 Å². The highest BCUT2D eigenvalue weighted by atomic mass is 16.5. The number of rotatable bonds is 4. The van der Waals surface area contributed by atoms with Gasteiger partial charge in [-0.25, -0.2) is 0 Å². The van der Waals surface area contributed by atoms with Crippen molar-refractivity contribution in [3.63, 3.8) is 0 Å². The maximum atomic E-state index is 5.60. The lowest BCUT2D eigenvalue weighted by molar-refractivity contribution is 0.311. The maximum absolute atomic E-state index is 5.60. The number of H-pyrrole nitrogens is 1. The summed E-state index contributed by atoms with van der Waals surface area (Å²) in [6.07, 6.45) is 4.20. The average molecular weight is 385 g/mol. The van der Waals surface area contributed by atoms with E-state index in [1.54, 1.807) is 0 Å². The van der Waals surface area contributed by atoms with Gasteiger partial charge in [0.2, 0.25) is 0 Å². The molecule has 2 heterocycles. The lowest BCUT2D eigenvalue weighted by Crippen LogP contribution is -2.24. The fraction of sp³-hybridized carbons (Fsp3) is 0.346. The van der Waals surface area contributed by atoms with E-state index in [9.17, 15) is 0 Å². The first-order valence-electron chi connectivity index (χ1n) is 10.7. The van der Waals surface area contributed by atoms with Crippen LogP contribution in [0, 0.1) is 5.41 Å². The summed E-state index contributed by atoms with van der Waals surface area (Å²) in [6.45, 7) is 7.43. The highest BCUT2D eigenvalue weighted by Gasteiger charge is 2.29. The Morgan fingerprint density at radius 1 is 1.07 bits per heavy atom. The number of benzene rings is 2. The summed E-state index contributed by atoms with van der Waals surface area (Å²) < 4.78 is 5.60. The van der Waals surface area contributed by atoms with Crippen LogP contribution in [0.15, 0.2) is 48.5 Å². The van der Waals surface area contributed by atoms with Crippen molar-refractivity contribution in [3.05, 3.63) is 71.0 Å². The third-order valence-electron chi connectivity index (χ3n) is 6.22. The van der Waals surface area contributed by atoms with Crippen molar-refractivity contribution in [1.29, 1.82) is 0 Å². The average Bonchev–Trinajstić information content (AvgIpc) is 3.09. The molecule has 0 bridgehead atoms. The molecule has 1 aliphatic rings. The van der Waals surface area contributed by atoms with Crippen LogP contribution in [-0.4, -0.2) is 16.6 Å². The first-order valence-corrected chi connectivity index (χ1v) is 10.7. The third kappa shape index (κ3) is 3.29. The van der Waals surface area contributed by atoms with Crippen LogP contribution in [-0.2, 0) is 19.3 Å². The highest BCUT2D eigenvalue weighted by Crippen LogP contribution is 2.40. The van der Waals surface area contributed by atoms with Crippen molar-refractivity contribution in [2.45, 2.75) is 46.5 Å². The second-order valence-electron chi connectivity index (χ2n) is 9.00. The highest BCUT2D eigenvalue weighted by molar-refractivity contribution is 6.10. The van der Waals surface area contributed by atoms with Crippen molar-refractivity contribution in [1.82, 2.24) is 9.97 Å². The molecule has 0 spiro atoms. The molecule has 3 nitrogen and oxygen atoms in total. The summed E-state index contributed by atoms with van der Waals surface area (Å²) in [4.78, 5) is 8.91. The van der Waals surface area contributed by atoms with Gasteiger partial charge in [-0.3, -0.25) is 4.98 Å². The van der Waals surface area contributed by atoms with E-state index in [0.29, 0.717) is 12.0 Å². The van der Waals surface area contributed by atoms with Gasteiger partial charge in [0.1, 0.15) is 5.75 Å². The summed E-state index contributed by atoms with van der Waals surface area (Å²) in [5, 5.41) is 2.72. The molecule has 0 atom stereocenters. The van der Waals surface area contributed by atoms with Crippen molar-refractivity contribution in [3.8, 4) is 5.75 Å². The smallest absolute Gasteiger partial charge is 0.119 e. The Hall–Kier alpha value is -2.81. The standard InChI is InChI=1S/C26H28N2O/c1-4-29-18-11-9-17(10-12-18)15-22-25-24(19-7-5-6-8-21(19)28-25)20-13-14-26(2,3)16-23(20)27-22/h5-12,28H,4,13-16H2,1-3H3. The van der Waals surface area contributed by atoms with Crippen LogP contribution in [0.25, 0.3) is 21.8 Å². The molecule has 4 aromatic rings. The van der Waals surface area contributed by atoms with E-state index >= 15 is 0 Å². The van der Waals surface area contributed by atoms with E-state index in [2.05, 4.69) is 67.4 Å². The van der Waals surface area contributed by atoms with Crippen LogP contribution >= 0.6 is 0 Å². The van der Waals surface area contributed by atoms with Gasteiger partial charge >= 0.3 is 0 Å². The molecule has 2 aromatic carbocycles. The largest absolute Gasteiger partial charge is 0.494 e. The Kier molecular flexibility index (Phi) is 4.34. The second kappa shape index (κ2) is 6.91. The summed E-state index contributed by atoms with van der Waals surface area (Å²) in [5.41, 5.74) is 7.88. The summed E-state index contributed by atoms with van der Waals surface area (Å²) in [5.74, 6) is 0.923. The maximum Gasteiger partial charge on any atom is 0.119 e. The molecule has 5 rings (SSSR count). The van der Waals surface area contributed by atoms with Gasteiger partial charge in [-0.2, -0.15) is 0 Å². The minimum Gasteiger partial charge on any atom is -0.494 e. The van der Waals surface area contributed by atoms with Crippen LogP contribution < -0.4 is 4.74 Å². The van der Waals surface area contributed by atoms with Gasteiger partial charge in [0.05, 0.1) is 17.8 Å². The van der Waals surface area contributed by atoms with E-state index < -0.39 is 0 Å². The number of aryl methyl sites for hydroxylation is 1. The predicted molar refractivity (Wildman–Crippen MR) is 120 cm³/mol. The van der Waals surface area contributed by atoms with Crippen LogP contribution in [0.3, 0.4) is 0 Å². The lowest BCUT2D eigenvalue weighted by atomic mass is 9.75. The zero-order valence-electron chi connectivity index (χ0n) is 17.5. The molecule has 2 aromatic heterocycles. The molecule has 0 amide bonds. The van der Waals surface area contributed by atoms with Crippen LogP contribution in [0.2, 0.25) is 0 Å². The van der Waals surface area contributed by atoms with Gasteiger partial charge in [0.25, 0.3) is 0 Å². The number of hydrogen-bond donors (Lipinski definition) is 1. The van der Waals surface area contributed by atoms with Crippen LogP contribution in [0.5, 0.6) is 5.75 Å². The van der Waals surface area contributed by atoms with E-state index in [1.165, 1.54) is 45.0 Å². The fourth-order valence-corrected chi connectivity index (χ4v) is 4.71. The van der Waals surface area contributed by atoms with Gasteiger partial charge < -0.3 is 9.72 Å². The molecule has 29 heavy (non-hydrogen) atoms. The summed E-state index contributed by atoms with van der Waals surface area (Å²) in [6, 6.07) is 17.1. The van der Waals surface area contributed by atoms with Crippen molar-refractivity contribution in [2.75, 3.05) is 6.61 Å². The molecule has 1 N–H and O–H groups in total. The number of ether oxygens (including phenoxy) is 1. The molecular weight excluding hydrogens is 356 g/mol. The monoisotopic (exact) mass is 384 g/mol. The van der Waals surface area contributed by atoms with Gasteiger partial charge in [0, 0.05) is 28.4 Å². The topological polar surface area (TPSA) is 37.9 Å². The first-order chi connectivity index (χ1) is 14.0. The lowest BCUT2D eigenvalue weighted by Gasteiger charge is -2.31. The predicted octanol–water partition coefficient (Wildman–Crippen LogP) is 6.22. The van der Waals surface area contributed by atoms with E-state index in [1.807, 2.05) is 6.92 Å². The zero-order chi connectivity index (χ0) is 20.0. The Morgan fingerprint density at radius 2 is 1.86 bits per heavy atom. The Balaban J connectivity index is 1.66. The second-order valence-corrected chi connectivity index (χ2v) is 9.00. The first kappa shape index (κ1) is 18.2. The molecule has 0 saturated carbocycles. The molecule has 3 heteroatoms. The number of aromatic amines is 1. The van der Waals surface area contributed by atoms with Gasteiger partial charge in [0.15, 0.2) is 0 Å². The third-order valence-corrected chi connectivity index (χ3v) is 6.22. The number of aromatic nitrogens is 2. The molecule has 0 fully saturated rings. The Morgan fingerprint density at radius 3 is 2.66 bits per heavy atom. The normalized spacial score (nSPS) is 15.6. The van der Waals surface area contributed by atoms with Gasteiger partial charge in [-0.15, -0.1) is 0 Å². The molecular formula is C26H28N2O. The van der Waals surface area contributed by atoms with Crippen LogP contribution in [0.1, 0.15) is 49.7 Å². The summed E-state index contributed by atoms with van der Waals surface area (Å²) in [7, 11) is 0. The van der Waals surface area contributed by atoms with Crippen molar-refractivity contribution in [2.24, 2.45) is 5.41 Å². The van der Waals surface area contributed by atoms with Gasteiger partial charge in [-0.05, 0) is 60.9 Å². The quantitative estimate of drug-likeness (QED) is 0.453. The molecule has 0 saturated heterocycles. The molecule has 0 unspecified atom stereocenters. The fourth-order valence-electron chi connectivity index (χ4n) is 4.71. The minimum atomic E-state index is 0.316. The number of fused-ring (bicyclic) bond motifs is 5. The molecule has 148 valence electrons. The van der Waals surface area contributed by atoms with E-state index in [-0.39, 0.29) is 0 Å². The number of pyridine rings is 1. The van der Waals surface area contributed by atoms with E-state index in [0.717, 1.165) is 30.7 Å².